The summed E-state index contributed by atoms with van der Waals surface area (Å²) in [4.78, 5) is 8.84. The third-order valence-corrected chi connectivity index (χ3v) is 5.93. The van der Waals surface area contributed by atoms with E-state index in [1.165, 1.54) is 23.3 Å². The van der Waals surface area contributed by atoms with Crippen LogP contribution in [0.4, 0.5) is 17.5 Å². The van der Waals surface area contributed by atoms with Crippen LogP contribution in [0.5, 0.6) is 5.75 Å². The molecule has 0 fully saturated rings. The zero-order valence-electron chi connectivity index (χ0n) is 15.8. The van der Waals surface area contributed by atoms with Crippen molar-refractivity contribution in [2.75, 3.05) is 23.6 Å². The molecule has 1 aromatic heterocycles. The average Bonchev–Trinajstić information content (AvgIpc) is 2.68. The minimum Gasteiger partial charge on any atom is -0.431 e. The van der Waals surface area contributed by atoms with Crippen LogP contribution in [0, 0.1) is 0 Å². The van der Waals surface area contributed by atoms with Crippen molar-refractivity contribution < 1.29 is 13.2 Å². The van der Waals surface area contributed by atoms with Crippen molar-refractivity contribution in [3.8, 4) is 5.75 Å². The number of rotatable bonds is 4. The van der Waals surface area contributed by atoms with Gasteiger partial charge in [0.25, 0.3) is 0 Å². The molecule has 1 aliphatic rings. The maximum Gasteiger partial charge on any atom is 0.247 e. The first kappa shape index (κ1) is 20.4. The zero-order chi connectivity index (χ0) is 21.5. The van der Waals surface area contributed by atoms with Crippen LogP contribution >= 0.6 is 23.2 Å². The Balaban J connectivity index is 1.63. The van der Waals surface area contributed by atoms with Gasteiger partial charge in [0.2, 0.25) is 11.8 Å². The second kappa shape index (κ2) is 7.75. The number of hydrazone groups is 1. The van der Waals surface area contributed by atoms with Gasteiger partial charge in [0, 0.05) is 19.0 Å². The summed E-state index contributed by atoms with van der Waals surface area (Å²) in [5, 5.41) is 9.69. The lowest BCUT2D eigenvalue weighted by Crippen LogP contribution is -2.26. The van der Waals surface area contributed by atoms with Gasteiger partial charge in [-0.1, -0.05) is 35.3 Å². The van der Waals surface area contributed by atoms with Gasteiger partial charge in [-0.3, -0.25) is 0 Å². The Labute approximate surface area is 183 Å². The number of halogens is 2. The van der Waals surface area contributed by atoms with E-state index in [0.717, 1.165) is 6.26 Å². The monoisotopic (exact) mass is 463 g/mol. The van der Waals surface area contributed by atoms with Gasteiger partial charge in [-0.15, -0.1) is 5.10 Å². The molecule has 2 heterocycles. The van der Waals surface area contributed by atoms with Crippen molar-refractivity contribution >= 4 is 56.4 Å². The number of aromatic nitrogens is 2. The fraction of sp³-hybridized carbons (Fsp3) is 0.105. The Bertz CT molecular complexity index is 1260. The molecule has 0 atom stereocenters. The summed E-state index contributed by atoms with van der Waals surface area (Å²) in [6, 6.07) is 11.5. The number of hydrogen-bond donors (Lipinski definition) is 1. The summed E-state index contributed by atoms with van der Waals surface area (Å²) in [5.74, 6) is 1.27. The fourth-order valence-electron chi connectivity index (χ4n) is 2.77. The average molecular weight is 464 g/mol. The molecule has 1 aliphatic heterocycles. The molecule has 0 unspecified atom stereocenters. The molecule has 0 spiro atoms. The van der Waals surface area contributed by atoms with E-state index in [4.69, 9.17) is 27.9 Å². The van der Waals surface area contributed by atoms with E-state index in [1.807, 2.05) is 0 Å². The first-order chi connectivity index (χ1) is 14.2. The lowest BCUT2D eigenvalue weighted by atomic mass is 10.2. The SMILES string of the molecule is CN1N=C(c2c(Cl)cccc2Cl)Oc2cnc(Nc3cccc(S(C)(=O)=O)c3)nc21. The van der Waals surface area contributed by atoms with Gasteiger partial charge in [-0.25, -0.2) is 18.4 Å². The van der Waals surface area contributed by atoms with Crippen molar-refractivity contribution in [2.24, 2.45) is 5.10 Å². The van der Waals surface area contributed by atoms with Crippen LogP contribution in [-0.2, 0) is 9.84 Å². The van der Waals surface area contributed by atoms with Crippen LogP contribution < -0.4 is 15.1 Å². The molecule has 0 radical (unpaired) electrons. The molecule has 0 bridgehead atoms. The molecule has 4 rings (SSSR count). The van der Waals surface area contributed by atoms with E-state index >= 15 is 0 Å². The Kier molecular flexibility index (Phi) is 5.27. The van der Waals surface area contributed by atoms with Gasteiger partial charge in [0.1, 0.15) is 0 Å². The van der Waals surface area contributed by atoms with E-state index in [9.17, 15) is 8.42 Å². The molecule has 3 aromatic rings. The highest BCUT2D eigenvalue weighted by molar-refractivity contribution is 7.90. The maximum absolute atomic E-state index is 11.8. The Morgan fingerprint density at radius 1 is 1.10 bits per heavy atom. The quantitative estimate of drug-likeness (QED) is 0.621. The number of anilines is 3. The summed E-state index contributed by atoms with van der Waals surface area (Å²) in [7, 11) is -1.63. The maximum atomic E-state index is 11.8. The summed E-state index contributed by atoms with van der Waals surface area (Å²) in [6.07, 6.45) is 2.63. The molecule has 1 N–H and O–H groups in total. The van der Waals surface area contributed by atoms with Gasteiger partial charge < -0.3 is 10.1 Å². The van der Waals surface area contributed by atoms with E-state index in [-0.39, 0.29) is 16.7 Å². The highest BCUT2D eigenvalue weighted by atomic mass is 35.5. The molecular formula is C19H15Cl2N5O3S. The van der Waals surface area contributed by atoms with Crippen LogP contribution in [0.3, 0.4) is 0 Å². The fourth-order valence-corrected chi connectivity index (χ4v) is 4.00. The first-order valence-electron chi connectivity index (χ1n) is 8.61. The van der Waals surface area contributed by atoms with E-state index in [0.29, 0.717) is 32.9 Å². The molecular weight excluding hydrogens is 449 g/mol. The van der Waals surface area contributed by atoms with Gasteiger partial charge in [-0.2, -0.15) is 4.98 Å². The van der Waals surface area contributed by atoms with Crippen LogP contribution in [0.15, 0.2) is 58.7 Å². The minimum absolute atomic E-state index is 0.191. The third-order valence-electron chi connectivity index (χ3n) is 4.19. The predicted octanol–water partition coefficient (Wildman–Crippen LogP) is 4.12. The molecule has 0 aliphatic carbocycles. The highest BCUT2D eigenvalue weighted by Gasteiger charge is 2.25. The van der Waals surface area contributed by atoms with Gasteiger partial charge in [0.05, 0.1) is 26.7 Å². The molecule has 0 saturated heterocycles. The number of hydrogen-bond acceptors (Lipinski definition) is 8. The van der Waals surface area contributed by atoms with Crippen LogP contribution in [-0.4, -0.2) is 37.6 Å². The number of sulfone groups is 1. The second-order valence-electron chi connectivity index (χ2n) is 6.43. The largest absolute Gasteiger partial charge is 0.431 e. The number of ether oxygens (including phenoxy) is 1. The number of fused-ring (bicyclic) bond motifs is 1. The topological polar surface area (TPSA) is 96.8 Å². The molecule has 2 aromatic carbocycles. The summed E-state index contributed by atoms with van der Waals surface area (Å²) < 4.78 is 29.3. The normalized spacial score (nSPS) is 13.3. The number of benzene rings is 2. The summed E-state index contributed by atoms with van der Waals surface area (Å²) in [6.45, 7) is 0. The first-order valence-corrected chi connectivity index (χ1v) is 11.3. The minimum atomic E-state index is -3.33. The van der Waals surface area contributed by atoms with Crippen molar-refractivity contribution in [3.05, 3.63) is 64.3 Å². The van der Waals surface area contributed by atoms with Gasteiger partial charge in [-0.05, 0) is 30.3 Å². The van der Waals surface area contributed by atoms with Gasteiger partial charge >= 0.3 is 0 Å². The van der Waals surface area contributed by atoms with E-state index in [2.05, 4.69) is 20.4 Å². The molecule has 8 nitrogen and oxygen atoms in total. The lowest BCUT2D eigenvalue weighted by molar-refractivity contribution is 0.525. The van der Waals surface area contributed by atoms with Crippen molar-refractivity contribution in [3.63, 3.8) is 0 Å². The number of nitrogens with zero attached hydrogens (tertiary/aromatic N) is 4. The van der Waals surface area contributed by atoms with Gasteiger partial charge in [0.15, 0.2) is 21.4 Å². The smallest absolute Gasteiger partial charge is 0.247 e. The Hall–Kier alpha value is -2.88. The van der Waals surface area contributed by atoms with Crippen molar-refractivity contribution in [2.45, 2.75) is 4.90 Å². The number of nitrogens with one attached hydrogen (secondary N) is 1. The van der Waals surface area contributed by atoms with Crippen molar-refractivity contribution in [1.82, 2.24) is 9.97 Å². The summed E-state index contributed by atoms with van der Waals surface area (Å²) >= 11 is 12.5. The molecule has 30 heavy (non-hydrogen) atoms. The van der Waals surface area contributed by atoms with E-state index < -0.39 is 9.84 Å². The molecule has 0 amide bonds. The third kappa shape index (κ3) is 4.04. The van der Waals surface area contributed by atoms with Crippen LogP contribution in [0.1, 0.15) is 5.56 Å². The highest BCUT2D eigenvalue weighted by Crippen LogP contribution is 2.34. The Morgan fingerprint density at radius 3 is 2.50 bits per heavy atom. The van der Waals surface area contributed by atoms with Crippen LogP contribution in [0.25, 0.3) is 0 Å². The van der Waals surface area contributed by atoms with Crippen molar-refractivity contribution in [1.29, 1.82) is 0 Å². The second-order valence-corrected chi connectivity index (χ2v) is 9.26. The predicted molar refractivity (Wildman–Crippen MR) is 117 cm³/mol. The standard InChI is InChI=1S/C19H15Cl2N5O3S/c1-26-17-15(29-18(25-26)16-13(20)7-4-8-14(16)21)10-22-19(24-17)23-11-5-3-6-12(9-11)30(2,27)28/h3-10H,1-2H3,(H,22,23,24). The molecule has 11 heteroatoms. The Morgan fingerprint density at radius 2 is 1.80 bits per heavy atom. The van der Waals surface area contributed by atoms with E-state index in [1.54, 1.807) is 37.4 Å². The molecule has 0 saturated carbocycles. The van der Waals surface area contributed by atoms with Crippen LogP contribution in [0.2, 0.25) is 10.0 Å². The molecule has 154 valence electrons. The zero-order valence-corrected chi connectivity index (χ0v) is 18.1. The lowest BCUT2D eigenvalue weighted by Gasteiger charge is -2.24. The summed E-state index contributed by atoms with van der Waals surface area (Å²) in [5.41, 5.74) is 1.00.